The molecule has 78 valence electrons. The minimum atomic E-state index is 0.170. The lowest BCUT2D eigenvalue weighted by Crippen LogP contribution is -2.40. The Labute approximate surface area is 89.3 Å². The molecule has 1 N–H and O–H groups in total. The molecule has 1 aromatic rings. The summed E-state index contributed by atoms with van der Waals surface area (Å²) in [6.45, 7) is 4.12. The summed E-state index contributed by atoms with van der Waals surface area (Å²) in [5, 5.41) is 5.71. The second-order valence-electron chi connectivity index (χ2n) is 4.29. The lowest BCUT2D eigenvalue weighted by molar-refractivity contribution is 0.129. The van der Waals surface area contributed by atoms with Gasteiger partial charge in [0.25, 0.3) is 0 Å². The molecule has 0 aromatic carbocycles. The quantitative estimate of drug-likeness (QED) is 0.828. The molecule has 0 spiro atoms. The van der Waals surface area contributed by atoms with Crippen LogP contribution in [0, 0.1) is 0 Å². The Hall–Kier alpha value is -0.380. The Kier molecular flexibility index (Phi) is 2.91. The van der Waals surface area contributed by atoms with E-state index in [-0.39, 0.29) is 5.54 Å². The molecule has 0 saturated carbocycles. The fourth-order valence-electron chi connectivity index (χ4n) is 2.21. The van der Waals surface area contributed by atoms with Crippen LogP contribution in [0.4, 0.5) is 0 Å². The highest BCUT2D eigenvalue weighted by Gasteiger charge is 2.35. The Morgan fingerprint density at radius 2 is 2.57 bits per heavy atom. The van der Waals surface area contributed by atoms with Gasteiger partial charge in [-0.2, -0.15) is 0 Å². The average Bonchev–Trinajstić information content (AvgIpc) is 2.73. The monoisotopic (exact) mass is 211 g/mol. The SMILES string of the molecule is COCC1(C)CC(c2cccs2)CN1. The van der Waals surface area contributed by atoms with Gasteiger partial charge in [-0.25, -0.2) is 0 Å². The second kappa shape index (κ2) is 4.01. The van der Waals surface area contributed by atoms with Gasteiger partial charge in [0.15, 0.2) is 0 Å². The van der Waals surface area contributed by atoms with Crippen molar-refractivity contribution < 1.29 is 4.74 Å². The first kappa shape index (κ1) is 10.1. The molecule has 14 heavy (non-hydrogen) atoms. The van der Waals surface area contributed by atoms with E-state index >= 15 is 0 Å². The summed E-state index contributed by atoms with van der Waals surface area (Å²) >= 11 is 1.86. The predicted octanol–water partition coefficient (Wildman–Crippen LogP) is 2.23. The molecule has 3 heteroatoms. The highest BCUT2D eigenvalue weighted by Crippen LogP contribution is 2.34. The van der Waals surface area contributed by atoms with E-state index in [1.54, 1.807) is 7.11 Å². The summed E-state index contributed by atoms with van der Waals surface area (Å²) < 4.78 is 5.24. The first-order chi connectivity index (χ1) is 6.73. The molecule has 2 nitrogen and oxygen atoms in total. The van der Waals surface area contributed by atoms with Gasteiger partial charge in [-0.15, -0.1) is 11.3 Å². The van der Waals surface area contributed by atoms with Crippen LogP contribution in [0.5, 0.6) is 0 Å². The molecule has 0 radical (unpaired) electrons. The molecule has 2 rings (SSSR count). The number of methoxy groups -OCH3 is 1. The van der Waals surface area contributed by atoms with Crippen LogP contribution in [-0.4, -0.2) is 25.8 Å². The maximum atomic E-state index is 5.24. The third-order valence-electron chi connectivity index (χ3n) is 2.88. The van der Waals surface area contributed by atoms with E-state index in [0.29, 0.717) is 5.92 Å². The number of nitrogens with one attached hydrogen (secondary N) is 1. The molecule has 1 aliphatic heterocycles. The Morgan fingerprint density at radius 1 is 1.71 bits per heavy atom. The molecule has 2 heterocycles. The van der Waals surface area contributed by atoms with Gasteiger partial charge in [-0.3, -0.25) is 0 Å². The molecular formula is C11H17NOS. The van der Waals surface area contributed by atoms with Crippen molar-refractivity contribution in [3.63, 3.8) is 0 Å². The third kappa shape index (κ3) is 2.00. The van der Waals surface area contributed by atoms with Crippen molar-refractivity contribution in [2.75, 3.05) is 20.3 Å². The molecule has 0 amide bonds. The first-order valence-corrected chi connectivity index (χ1v) is 5.89. The molecule has 0 bridgehead atoms. The van der Waals surface area contributed by atoms with Crippen molar-refractivity contribution in [1.82, 2.24) is 5.32 Å². The number of rotatable bonds is 3. The number of ether oxygens (including phenoxy) is 1. The van der Waals surface area contributed by atoms with E-state index < -0.39 is 0 Å². The van der Waals surface area contributed by atoms with Crippen LogP contribution in [0.3, 0.4) is 0 Å². The van der Waals surface area contributed by atoms with Crippen LogP contribution in [0.2, 0.25) is 0 Å². The maximum absolute atomic E-state index is 5.24. The van der Waals surface area contributed by atoms with Gasteiger partial charge in [0, 0.05) is 30.0 Å². The van der Waals surface area contributed by atoms with Crippen molar-refractivity contribution in [3.05, 3.63) is 22.4 Å². The van der Waals surface area contributed by atoms with Crippen LogP contribution in [0.25, 0.3) is 0 Å². The smallest absolute Gasteiger partial charge is 0.0642 e. The van der Waals surface area contributed by atoms with E-state index in [0.717, 1.165) is 13.2 Å². The fourth-order valence-corrected chi connectivity index (χ4v) is 3.04. The highest BCUT2D eigenvalue weighted by molar-refractivity contribution is 7.10. The topological polar surface area (TPSA) is 21.3 Å². The van der Waals surface area contributed by atoms with Crippen LogP contribution in [0.1, 0.15) is 24.1 Å². The van der Waals surface area contributed by atoms with E-state index in [9.17, 15) is 0 Å². The lowest BCUT2D eigenvalue weighted by Gasteiger charge is -2.23. The zero-order chi connectivity index (χ0) is 10.0. The van der Waals surface area contributed by atoms with Gasteiger partial charge in [0.1, 0.15) is 0 Å². The Morgan fingerprint density at radius 3 is 3.21 bits per heavy atom. The van der Waals surface area contributed by atoms with Crippen molar-refractivity contribution in [2.24, 2.45) is 0 Å². The zero-order valence-corrected chi connectivity index (χ0v) is 9.56. The largest absolute Gasteiger partial charge is 0.383 e. The van der Waals surface area contributed by atoms with Gasteiger partial charge in [0.2, 0.25) is 0 Å². The predicted molar refractivity (Wildman–Crippen MR) is 60.0 cm³/mol. The standard InChI is InChI=1S/C11H17NOS/c1-11(8-13-2)6-9(7-12-11)10-4-3-5-14-10/h3-5,9,12H,6-8H2,1-2H3. The van der Waals surface area contributed by atoms with Crippen LogP contribution in [0.15, 0.2) is 17.5 Å². The molecule has 1 fully saturated rings. The molecule has 2 unspecified atom stereocenters. The molecule has 1 aromatic heterocycles. The second-order valence-corrected chi connectivity index (χ2v) is 5.27. The normalized spacial score (nSPS) is 32.3. The van der Waals surface area contributed by atoms with Gasteiger partial charge in [0.05, 0.1) is 6.61 Å². The molecule has 2 atom stereocenters. The van der Waals surface area contributed by atoms with E-state index in [1.165, 1.54) is 11.3 Å². The average molecular weight is 211 g/mol. The minimum absolute atomic E-state index is 0.170. The maximum Gasteiger partial charge on any atom is 0.0642 e. The Bertz CT molecular complexity index is 285. The summed E-state index contributed by atoms with van der Waals surface area (Å²) in [6.07, 6.45) is 1.18. The first-order valence-electron chi connectivity index (χ1n) is 5.01. The summed E-state index contributed by atoms with van der Waals surface area (Å²) in [7, 11) is 1.77. The summed E-state index contributed by atoms with van der Waals surface area (Å²) in [5.41, 5.74) is 0.170. The van der Waals surface area contributed by atoms with E-state index in [2.05, 4.69) is 29.8 Å². The lowest BCUT2D eigenvalue weighted by atomic mass is 9.95. The van der Waals surface area contributed by atoms with Crippen molar-refractivity contribution >= 4 is 11.3 Å². The highest BCUT2D eigenvalue weighted by atomic mass is 32.1. The number of hydrogen-bond donors (Lipinski definition) is 1. The third-order valence-corrected chi connectivity index (χ3v) is 3.92. The van der Waals surface area contributed by atoms with E-state index in [4.69, 9.17) is 4.74 Å². The van der Waals surface area contributed by atoms with Crippen LogP contribution < -0.4 is 5.32 Å². The number of hydrogen-bond acceptors (Lipinski definition) is 3. The molecule has 1 aliphatic rings. The van der Waals surface area contributed by atoms with Gasteiger partial charge in [-0.1, -0.05) is 6.07 Å². The molecule has 0 aliphatic carbocycles. The van der Waals surface area contributed by atoms with E-state index in [1.807, 2.05) is 11.3 Å². The number of thiophene rings is 1. The van der Waals surface area contributed by atoms with Gasteiger partial charge in [-0.05, 0) is 24.8 Å². The summed E-state index contributed by atoms with van der Waals surface area (Å²) in [5.74, 6) is 0.676. The summed E-state index contributed by atoms with van der Waals surface area (Å²) in [6, 6.07) is 4.36. The fraction of sp³-hybridized carbons (Fsp3) is 0.636. The van der Waals surface area contributed by atoms with Crippen molar-refractivity contribution in [2.45, 2.75) is 24.8 Å². The van der Waals surface area contributed by atoms with Crippen molar-refractivity contribution in [3.8, 4) is 0 Å². The minimum Gasteiger partial charge on any atom is -0.383 e. The van der Waals surface area contributed by atoms with Crippen LogP contribution >= 0.6 is 11.3 Å². The van der Waals surface area contributed by atoms with Gasteiger partial charge < -0.3 is 10.1 Å². The van der Waals surface area contributed by atoms with Crippen LogP contribution in [-0.2, 0) is 4.74 Å². The van der Waals surface area contributed by atoms with Crippen molar-refractivity contribution in [1.29, 1.82) is 0 Å². The molecular weight excluding hydrogens is 194 g/mol. The van der Waals surface area contributed by atoms with Gasteiger partial charge >= 0.3 is 0 Å². The summed E-state index contributed by atoms with van der Waals surface area (Å²) in [4.78, 5) is 1.50. The Balaban J connectivity index is 2.01. The molecule has 1 saturated heterocycles. The zero-order valence-electron chi connectivity index (χ0n) is 8.75.